The lowest BCUT2D eigenvalue weighted by Crippen LogP contribution is -2.30. The zero-order chi connectivity index (χ0) is 18.2. The van der Waals surface area contributed by atoms with Gasteiger partial charge in [-0.2, -0.15) is 5.10 Å². The molecule has 0 aliphatic carbocycles. The molecule has 0 unspecified atom stereocenters. The van der Waals surface area contributed by atoms with E-state index >= 15 is 0 Å². The fourth-order valence-electron chi connectivity index (χ4n) is 2.17. The summed E-state index contributed by atoms with van der Waals surface area (Å²) in [5.41, 5.74) is -2.89. The Labute approximate surface area is 135 Å². The van der Waals surface area contributed by atoms with Gasteiger partial charge in [-0.3, -0.25) is 4.79 Å². The third kappa shape index (κ3) is 3.17. The quantitative estimate of drug-likeness (QED) is 0.869. The Hall–Kier alpha value is -2.64. The molecule has 0 saturated carbocycles. The van der Waals surface area contributed by atoms with Gasteiger partial charge in [-0.1, -0.05) is 13.8 Å². The number of hydrogen-bond donors (Lipinski definition) is 1. The molecule has 2 rings (SSSR count). The van der Waals surface area contributed by atoms with Crippen molar-refractivity contribution < 1.29 is 23.1 Å². The zero-order valence-corrected chi connectivity index (χ0v) is 13.2. The summed E-state index contributed by atoms with van der Waals surface area (Å²) in [6.07, 6.45) is 0. The van der Waals surface area contributed by atoms with Gasteiger partial charge in [-0.15, -0.1) is 0 Å². The van der Waals surface area contributed by atoms with E-state index in [1.807, 2.05) is 0 Å². The molecule has 0 fully saturated rings. The first-order chi connectivity index (χ1) is 11.1. The van der Waals surface area contributed by atoms with Gasteiger partial charge in [0.2, 0.25) is 0 Å². The van der Waals surface area contributed by atoms with E-state index in [1.54, 1.807) is 13.8 Å². The number of carbonyl (C=O) groups is 1. The highest BCUT2D eigenvalue weighted by atomic mass is 19.2. The van der Waals surface area contributed by atoms with Crippen LogP contribution in [0.1, 0.15) is 29.8 Å². The van der Waals surface area contributed by atoms with Crippen molar-refractivity contribution in [2.75, 3.05) is 0 Å². The third-order valence-corrected chi connectivity index (χ3v) is 3.41. The molecular weight excluding hydrogens is 325 g/mol. The molecule has 0 aliphatic rings. The fourth-order valence-corrected chi connectivity index (χ4v) is 2.17. The van der Waals surface area contributed by atoms with Gasteiger partial charge in [-0.05, 0) is 25.0 Å². The third-order valence-electron chi connectivity index (χ3n) is 3.41. The second-order valence-electron chi connectivity index (χ2n) is 5.79. The van der Waals surface area contributed by atoms with Gasteiger partial charge in [0.1, 0.15) is 11.4 Å². The molecule has 0 spiro atoms. The van der Waals surface area contributed by atoms with Crippen molar-refractivity contribution in [2.45, 2.75) is 27.3 Å². The van der Waals surface area contributed by atoms with E-state index in [0.717, 1.165) is 23.7 Å². The molecule has 8 heteroatoms. The predicted octanol–water partition coefficient (Wildman–Crippen LogP) is 2.99. The molecule has 1 N–H and O–H groups in total. The number of rotatable bonds is 4. The van der Waals surface area contributed by atoms with Crippen LogP contribution < -0.4 is 5.56 Å². The van der Waals surface area contributed by atoms with E-state index in [9.17, 15) is 22.8 Å². The number of carboxylic acids is 1. The highest BCUT2D eigenvalue weighted by molar-refractivity contribution is 5.88. The monoisotopic (exact) mass is 340 g/mol. The van der Waals surface area contributed by atoms with Crippen LogP contribution in [0.4, 0.5) is 13.2 Å². The van der Waals surface area contributed by atoms with Crippen LogP contribution in [0, 0.1) is 30.3 Å². The molecule has 1 aromatic carbocycles. The maximum atomic E-state index is 14.1. The maximum Gasteiger partial charge on any atom is 0.341 e. The van der Waals surface area contributed by atoms with Gasteiger partial charge in [0.15, 0.2) is 11.6 Å². The first-order valence-corrected chi connectivity index (χ1v) is 7.13. The van der Waals surface area contributed by atoms with E-state index < -0.39 is 45.7 Å². The van der Waals surface area contributed by atoms with Crippen LogP contribution in [-0.2, 0) is 6.54 Å². The molecule has 0 radical (unpaired) electrons. The van der Waals surface area contributed by atoms with E-state index in [2.05, 4.69) is 5.10 Å². The molecule has 1 aromatic heterocycles. The van der Waals surface area contributed by atoms with Gasteiger partial charge >= 0.3 is 5.97 Å². The maximum absolute atomic E-state index is 14.1. The number of carboxylic acid groups (broad SMARTS) is 1. The number of halogens is 3. The Kier molecular flexibility index (Phi) is 4.77. The molecule has 0 amide bonds. The molecular formula is C16H15F3N2O3. The second-order valence-corrected chi connectivity index (χ2v) is 5.79. The van der Waals surface area contributed by atoms with Gasteiger partial charge < -0.3 is 5.11 Å². The molecule has 0 bridgehead atoms. The number of aromatic carboxylic acids is 1. The van der Waals surface area contributed by atoms with Gasteiger partial charge in [-0.25, -0.2) is 22.6 Å². The number of hydrogen-bond acceptors (Lipinski definition) is 3. The lowest BCUT2D eigenvalue weighted by atomic mass is 10.1. The van der Waals surface area contributed by atoms with Crippen molar-refractivity contribution in [2.24, 2.45) is 5.92 Å². The summed E-state index contributed by atoms with van der Waals surface area (Å²) in [5.74, 6) is -5.32. The minimum absolute atomic E-state index is 0.0524. The summed E-state index contributed by atoms with van der Waals surface area (Å²) in [5, 5.41) is 13.0. The standard InChI is InChI=1S/C16H15F3N2O3/c1-7(2)6-21-15(22)10(16(23)24)5-12(20-21)9-4-11(17)8(3)13(18)14(9)19/h4-5,7H,6H2,1-3H3,(H,23,24). The number of aromatic nitrogens is 2. The highest BCUT2D eigenvalue weighted by Gasteiger charge is 2.22. The number of benzene rings is 1. The summed E-state index contributed by atoms with van der Waals surface area (Å²) < 4.78 is 42.5. The first kappa shape index (κ1) is 17.7. The van der Waals surface area contributed by atoms with Crippen LogP contribution in [0.3, 0.4) is 0 Å². The molecule has 128 valence electrons. The molecule has 2 aromatic rings. The molecule has 1 heterocycles. The van der Waals surface area contributed by atoms with Crippen LogP contribution in [0.15, 0.2) is 16.9 Å². The van der Waals surface area contributed by atoms with E-state index in [-0.39, 0.29) is 18.2 Å². The van der Waals surface area contributed by atoms with Gasteiger partial charge in [0.25, 0.3) is 5.56 Å². The van der Waals surface area contributed by atoms with E-state index in [4.69, 9.17) is 5.11 Å². The van der Waals surface area contributed by atoms with E-state index in [1.165, 1.54) is 0 Å². The van der Waals surface area contributed by atoms with Crippen molar-refractivity contribution in [1.82, 2.24) is 9.78 Å². The van der Waals surface area contributed by atoms with Crippen LogP contribution >= 0.6 is 0 Å². The Morgan fingerprint density at radius 1 is 1.25 bits per heavy atom. The summed E-state index contributed by atoms with van der Waals surface area (Å²) in [6, 6.07) is 1.54. The summed E-state index contributed by atoms with van der Waals surface area (Å²) in [4.78, 5) is 23.3. The second kappa shape index (κ2) is 6.46. The lowest BCUT2D eigenvalue weighted by molar-refractivity contribution is 0.0693. The molecule has 0 saturated heterocycles. The Bertz CT molecular complexity index is 876. The fraction of sp³-hybridized carbons (Fsp3) is 0.312. The average Bonchev–Trinajstić information content (AvgIpc) is 2.50. The minimum atomic E-state index is -1.53. The summed E-state index contributed by atoms with van der Waals surface area (Å²) in [7, 11) is 0. The Balaban J connectivity index is 2.78. The largest absolute Gasteiger partial charge is 0.477 e. The van der Waals surface area contributed by atoms with Crippen LogP contribution in [0.25, 0.3) is 11.3 Å². The normalized spacial score (nSPS) is 11.1. The molecule has 5 nitrogen and oxygen atoms in total. The van der Waals surface area contributed by atoms with Crippen molar-refractivity contribution in [1.29, 1.82) is 0 Å². The van der Waals surface area contributed by atoms with Crippen molar-refractivity contribution >= 4 is 5.97 Å². The average molecular weight is 340 g/mol. The smallest absolute Gasteiger partial charge is 0.341 e. The summed E-state index contributed by atoms with van der Waals surface area (Å²) in [6.45, 7) is 4.69. The first-order valence-electron chi connectivity index (χ1n) is 7.13. The van der Waals surface area contributed by atoms with E-state index in [0.29, 0.717) is 0 Å². The van der Waals surface area contributed by atoms with Crippen LogP contribution in [-0.4, -0.2) is 20.9 Å². The topological polar surface area (TPSA) is 72.2 Å². The predicted molar refractivity (Wildman–Crippen MR) is 80.3 cm³/mol. The molecule has 0 atom stereocenters. The highest BCUT2D eigenvalue weighted by Crippen LogP contribution is 2.27. The molecule has 0 aliphatic heterocycles. The van der Waals surface area contributed by atoms with Crippen LogP contribution in [0.2, 0.25) is 0 Å². The summed E-state index contributed by atoms with van der Waals surface area (Å²) >= 11 is 0. The van der Waals surface area contributed by atoms with Crippen molar-refractivity contribution in [3.05, 3.63) is 51.1 Å². The van der Waals surface area contributed by atoms with Gasteiger partial charge in [0.05, 0.1) is 5.69 Å². The number of nitrogens with zero attached hydrogens (tertiary/aromatic N) is 2. The Morgan fingerprint density at radius 3 is 2.42 bits per heavy atom. The zero-order valence-electron chi connectivity index (χ0n) is 13.2. The SMILES string of the molecule is Cc1c(F)cc(-c2cc(C(=O)O)c(=O)n(CC(C)C)n2)c(F)c1F. The van der Waals surface area contributed by atoms with Crippen LogP contribution in [0.5, 0.6) is 0 Å². The minimum Gasteiger partial charge on any atom is -0.477 e. The van der Waals surface area contributed by atoms with Gasteiger partial charge in [0, 0.05) is 17.7 Å². The van der Waals surface area contributed by atoms with Crippen molar-refractivity contribution in [3.8, 4) is 11.3 Å². The molecule has 24 heavy (non-hydrogen) atoms. The Morgan fingerprint density at radius 2 is 1.88 bits per heavy atom. The van der Waals surface area contributed by atoms with Crippen molar-refractivity contribution in [3.63, 3.8) is 0 Å². The lowest BCUT2D eigenvalue weighted by Gasteiger charge is -2.12.